The van der Waals surface area contributed by atoms with Crippen molar-refractivity contribution in [2.24, 2.45) is 12.9 Å². The van der Waals surface area contributed by atoms with Gasteiger partial charge >= 0.3 is 0 Å². The molecular weight excluding hydrogens is 244 g/mol. The summed E-state index contributed by atoms with van der Waals surface area (Å²) in [6.07, 6.45) is 0.878. The summed E-state index contributed by atoms with van der Waals surface area (Å²) in [5.74, 6) is 5.72. The number of hydrogen-bond donors (Lipinski definition) is 2. The van der Waals surface area contributed by atoms with Gasteiger partial charge in [0.1, 0.15) is 0 Å². The van der Waals surface area contributed by atoms with Crippen LogP contribution in [0.25, 0.3) is 0 Å². The average Bonchev–Trinajstić information content (AvgIpc) is 2.84. The number of nitrogens with one attached hydrogen (secondary N) is 1. The standard InChI is InChI=1S/C13H20N4S/c1-8-5-6-18-13(8)12(15-14)7-11-9(2)16-17(4)10(11)3/h5-6,12,15H,7,14H2,1-4H3. The Balaban J connectivity index is 2.29. The van der Waals surface area contributed by atoms with Gasteiger partial charge in [-0.05, 0) is 49.8 Å². The van der Waals surface area contributed by atoms with Gasteiger partial charge in [0.25, 0.3) is 0 Å². The highest BCUT2D eigenvalue weighted by atomic mass is 32.1. The van der Waals surface area contributed by atoms with E-state index >= 15 is 0 Å². The molecule has 2 aromatic rings. The van der Waals surface area contributed by atoms with Crippen molar-refractivity contribution >= 4 is 11.3 Å². The van der Waals surface area contributed by atoms with Gasteiger partial charge in [-0.15, -0.1) is 11.3 Å². The Labute approximate surface area is 112 Å². The molecule has 4 nitrogen and oxygen atoms in total. The lowest BCUT2D eigenvalue weighted by atomic mass is 10.0. The summed E-state index contributed by atoms with van der Waals surface area (Å²) < 4.78 is 1.93. The van der Waals surface area contributed by atoms with Crippen LogP contribution >= 0.6 is 11.3 Å². The van der Waals surface area contributed by atoms with Crippen LogP contribution in [0.2, 0.25) is 0 Å². The average molecular weight is 264 g/mol. The van der Waals surface area contributed by atoms with Crippen molar-refractivity contribution < 1.29 is 0 Å². The van der Waals surface area contributed by atoms with E-state index in [0.29, 0.717) is 0 Å². The van der Waals surface area contributed by atoms with Crippen LogP contribution in [-0.2, 0) is 13.5 Å². The van der Waals surface area contributed by atoms with Gasteiger partial charge in [-0.3, -0.25) is 16.0 Å². The van der Waals surface area contributed by atoms with Gasteiger partial charge in [0.05, 0.1) is 11.7 Å². The number of thiophene rings is 1. The topological polar surface area (TPSA) is 55.9 Å². The van der Waals surface area contributed by atoms with Crippen molar-refractivity contribution in [3.63, 3.8) is 0 Å². The van der Waals surface area contributed by atoms with Gasteiger partial charge in [0, 0.05) is 17.6 Å². The number of aryl methyl sites for hydroxylation is 3. The van der Waals surface area contributed by atoms with Gasteiger partial charge < -0.3 is 0 Å². The maximum absolute atomic E-state index is 5.72. The molecule has 0 spiro atoms. The number of hydrazine groups is 1. The highest BCUT2D eigenvalue weighted by Gasteiger charge is 2.18. The lowest BCUT2D eigenvalue weighted by Gasteiger charge is -2.16. The predicted molar refractivity (Wildman–Crippen MR) is 75.5 cm³/mol. The predicted octanol–water partition coefficient (Wildman–Crippen LogP) is 2.15. The molecule has 18 heavy (non-hydrogen) atoms. The molecule has 0 bridgehead atoms. The number of nitrogens with zero attached hydrogens (tertiary/aromatic N) is 2. The molecule has 5 heteroatoms. The summed E-state index contributed by atoms with van der Waals surface area (Å²) in [6, 6.07) is 2.29. The minimum Gasteiger partial charge on any atom is -0.272 e. The summed E-state index contributed by atoms with van der Waals surface area (Å²) in [4.78, 5) is 1.31. The fraction of sp³-hybridized carbons (Fsp3) is 0.462. The molecule has 0 fully saturated rings. The van der Waals surface area contributed by atoms with Crippen LogP contribution < -0.4 is 11.3 Å². The van der Waals surface area contributed by atoms with E-state index in [4.69, 9.17) is 5.84 Å². The number of aromatic nitrogens is 2. The van der Waals surface area contributed by atoms with Gasteiger partial charge in [-0.2, -0.15) is 5.10 Å². The fourth-order valence-corrected chi connectivity index (χ4v) is 3.27. The Kier molecular flexibility index (Phi) is 3.85. The summed E-state index contributed by atoms with van der Waals surface area (Å²) in [5, 5.41) is 6.56. The first-order valence-electron chi connectivity index (χ1n) is 6.03. The van der Waals surface area contributed by atoms with Crippen molar-refractivity contribution in [3.05, 3.63) is 38.8 Å². The maximum atomic E-state index is 5.72. The molecule has 0 aliphatic rings. The minimum absolute atomic E-state index is 0.159. The first-order valence-corrected chi connectivity index (χ1v) is 6.91. The molecular formula is C13H20N4S. The van der Waals surface area contributed by atoms with Crippen LogP contribution in [-0.4, -0.2) is 9.78 Å². The quantitative estimate of drug-likeness (QED) is 0.657. The second-order valence-electron chi connectivity index (χ2n) is 4.66. The summed E-state index contributed by atoms with van der Waals surface area (Å²) in [6.45, 7) is 6.28. The van der Waals surface area contributed by atoms with Gasteiger partial charge in [0.15, 0.2) is 0 Å². The molecule has 1 unspecified atom stereocenters. The molecule has 0 saturated carbocycles. The molecule has 0 aromatic carbocycles. The Hall–Kier alpha value is -1.17. The van der Waals surface area contributed by atoms with Gasteiger partial charge in [0.2, 0.25) is 0 Å². The van der Waals surface area contributed by atoms with Gasteiger partial charge in [-0.1, -0.05) is 0 Å². The molecule has 98 valence electrons. The first-order chi connectivity index (χ1) is 8.54. The Bertz CT molecular complexity index is 541. The second-order valence-corrected chi connectivity index (χ2v) is 5.61. The summed E-state index contributed by atoms with van der Waals surface area (Å²) in [5.41, 5.74) is 7.81. The fourth-order valence-electron chi connectivity index (χ4n) is 2.29. The molecule has 2 aromatic heterocycles. The third kappa shape index (κ3) is 2.34. The zero-order valence-electron chi connectivity index (χ0n) is 11.3. The van der Waals surface area contributed by atoms with Crippen LogP contribution in [0.4, 0.5) is 0 Å². The Morgan fingerprint density at radius 3 is 2.61 bits per heavy atom. The zero-order chi connectivity index (χ0) is 13.3. The van der Waals surface area contributed by atoms with Gasteiger partial charge in [-0.25, -0.2) is 0 Å². The van der Waals surface area contributed by atoms with Crippen LogP contribution in [0, 0.1) is 20.8 Å². The third-order valence-electron chi connectivity index (χ3n) is 3.49. The van der Waals surface area contributed by atoms with E-state index in [2.05, 4.69) is 42.7 Å². The lowest BCUT2D eigenvalue weighted by molar-refractivity contribution is 0.555. The smallest absolute Gasteiger partial charge is 0.0629 e. The van der Waals surface area contributed by atoms with Crippen molar-refractivity contribution in [3.8, 4) is 0 Å². The molecule has 0 radical (unpaired) electrons. The number of rotatable bonds is 4. The Morgan fingerprint density at radius 1 is 1.44 bits per heavy atom. The zero-order valence-corrected chi connectivity index (χ0v) is 12.1. The lowest BCUT2D eigenvalue weighted by Crippen LogP contribution is -2.29. The molecule has 2 rings (SSSR count). The molecule has 0 saturated heterocycles. The van der Waals surface area contributed by atoms with Crippen LogP contribution in [0.1, 0.15) is 33.4 Å². The van der Waals surface area contributed by atoms with E-state index in [9.17, 15) is 0 Å². The van der Waals surface area contributed by atoms with E-state index in [1.807, 2.05) is 11.7 Å². The Morgan fingerprint density at radius 2 is 2.17 bits per heavy atom. The minimum atomic E-state index is 0.159. The molecule has 0 aliphatic heterocycles. The largest absolute Gasteiger partial charge is 0.272 e. The second kappa shape index (κ2) is 5.22. The summed E-state index contributed by atoms with van der Waals surface area (Å²) >= 11 is 1.75. The maximum Gasteiger partial charge on any atom is 0.0629 e. The molecule has 3 N–H and O–H groups in total. The van der Waals surface area contributed by atoms with Crippen molar-refractivity contribution in [2.45, 2.75) is 33.2 Å². The van der Waals surface area contributed by atoms with Crippen LogP contribution in [0.15, 0.2) is 11.4 Å². The van der Waals surface area contributed by atoms with Crippen LogP contribution in [0.5, 0.6) is 0 Å². The summed E-state index contributed by atoms with van der Waals surface area (Å²) in [7, 11) is 1.98. The molecule has 0 amide bonds. The highest BCUT2D eigenvalue weighted by Crippen LogP contribution is 2.28. The monoisotopic (exact) mass is 264 g/mol. The van der Waals surface area contributed by atoms with Crippen molar-refractivity contribution in [1.29, 1.82) is 0 Å². The molecule has 2 heterocycles. The van der Waals surface area contributed by atoms with Crippen LogP contribution in [0.3, 0.4) is 0 Å². The van der Waals surface area contributed by atoms with E-state index in [0.717, 1.165) is 12.1 Å². The van der Waals surface area contributed by atoms with E-state index in [-0.39, 0.29) is 6.04 Å². The normalized spacial score (nSPS) is 12.9. The first kappa shape index (κ1) is 13.3. The number of hydrogen-bond acceptors (Lipinski definition) is 4. The van der Waals surface area contributed by atoms with E-state index < -0.39 is 0 Å². The molecule has 1 atom stereocenters. The highest BCUT2D eigenvalue weighted by molar-refractivity contribution is 7.10. The van der Waals surface area contributed by atoms with Crippen molar-refractivity contribution in [2.75, 3.05) is 0 Å². The van der Waals surface area contributed by atoms with Crippen molar-refractivity contribution in [1.82, 2.24) is 15.2 Å². The van der Waals surface area contributed by atoms with E-state index in [1.54, 1.807) is 11.3 Å². The number of nitrogens with two attached hydrogens (primary N) is 1. The van der Waals surface area contributed by atoms with E-state index in [1.165, 1.54) is 21.7 Å². The third-order valence-corrected chi connectivity index (χ3v) is 4.62. The molecule has 0 aliphatic carbocycles. The SMILES string of the molecule is Cc1ccsc1C(Cc1c(C)nn(C)c1C)NN.